The van der Waals surface area contributed by atoms with Gasteiger partial charge in [-0.05, 0) is 56.4 Å². The summed E-state index contributed by atoms with van der Waals surface area (Å²) in [5.41, 5.74) is 3.88. The van der Waals surface area contributed by atoms with E-state index in [-0.39, 0.29) is 23.3 Å². The van der Waals surface area contributed by atoms with E-state index in [9.17, 15) is 14.7 Å². The summed E-state index contributed by atoms with van der Waals surface area (Å²) >= 11 is 1.47. The van der Waals surface area contributed by atoms with Crippen LogP contribution in [-0.4, -0.2) is 34.2 Å². The molecule has 7 nitrogen and oxygen atoms in total. The SMILES string of the molecule is CNC(=O)c1c(NC(=O)c2cc(-c3cc(C)ccc3O)n[nH]2)sc2c1CCCC2. The number of H-pyrrole nitrogens is 1. The number of thiophene rings is 1. The fraction of sp³-hybridized carbons (Fsp3) is 0.286. The number of aromatic amines is 1. The van der Waals surface area contributed by atoms with Gasteiger partial charge in [0.2, 0.25) is 0 Å². The molecule has 0 unspecified atom stereocenters. The molecule has 2 amide bonds. The predicted octanol–water partition coefficient (Wildman–Crippen LogP) is 3.64. The second-order valence-corrected chi connectivity index (χ2v) is 8.24. The van der Waals surface area contributed by atoms with Crippen molar-refractivity contribution in [2.24, 2.45) is 0 Å². The number of carbonyl (C=O) groups is 2. The Morgan fingerprint density at radius 2 is 1.97 bits per heavy atom. The summed E-state index contributed by atoms with van der Waals surface area (Å²) in [7, 11) is 1.59. The van der Waals surface area contributed by atoms with E-state index in [0.717, 1.165) is 36.8 Å². The van der Waals surface area contributed by atoms with Crippen molar-refractivity contribution in [1.82, 2.24) is 15.5 Å². The summed E-state index contributed by atoms with van der Waals surface area (Å²) in [6.07, 6.45) is 3.93. The zero-order valence-electron chi connectivity index (χ0n) is 16.3. The second kappa shape index (κ2) is 7.71. The van der Waals surface area contributed by atoms with Crippen LogP contribution in [0.25, 0.3) is 11.3 Å². The lowest BCUT2D eigenvalue weighted by Crippen LogP contribution is -2.22. The number of benzene rings is 1. The van der Waals surface area contributed by atoms with Gasteiger partial charge in [0.05, 0.1) is 11.3 Å². The molecule has 0 aliphatic heterocycles. The normalized spacial score (nSPS) is 13.0. The van der Waals surface area contributed by atoms with Crippen LogP contribution in [0.3, 0.4) is 0 Å². The maximum Gasteiger partial charge on any atom is 0.274 e. The minimum Gasteiger partial charge on any atom is -0.507 e. The van der Waals surface area contributed by atoms with Crippen molar-refractivity contribution in [1.29, 1.82) is 0 Å². The fourth-order valence-electron chi connectivity index (χ4n) is 3.62. The molecule has 2 heterocycles. The number of hydrogen-bond acceptors (Lipinski definition) is 5. The van der Waals surface area contributed by atoms with Crippen molar-refractivity contribution in [3.05, 3.63) is 51.5 Å². The van der Waals surface area contributed by atoms with E-state index in [1.807, 2.05) is 13.0 Å². The Labute approximate surface area is 172 Å². The van der Waals surface area contributed by atoms with Gasteiger partial charge in [0.25, 0.3) is 11.8 Å². The minimum absolute atomic E-state index is 0.0990. The van der Waals surface area contributed by atoms with Crippen LogP contribution >= 0.6 is 11.3 Å². The number of aryl methyl sites for hydroxylation is 2. The lowest BCUT2D eigenvalue weighted by atomic mass is 9.95. The van der Waals surface area contributed by atoms with Crippen LogP contribution in [0.1, 0.15) is 49.7 Å². The molecule has 2 aromatic heterocycles. The van der Waals surface area contributed by atoms with Gasteiger partial charge in [-0.15, -0.1) is 11.3 Å². The fourth-order valence-corrected chi connectivity index (χ4v) is 4.90. The van der Waals surface area contributed by atoms with E-state index in [2.05, 4.69) is 20.8 Å². The quantitative estimate of drug-likeness (QED) is 0.527. The van der Waals surface area contributed by atoms with Crippen LogP contribution in [0.5, 0.6) is 5.75 Å². The van der Waals surface area contributed by atoms with Gasteiger partial charge in [-0.2, -0.15) is 5.10 Å². The standard InChI is InChI=1S/C21H22N4O3S/c1-11-7-8-16(26)13(9-11)14-10-15(25-24-14)19(27)23-21-18(20(28)22-2)12-5-3-4-6-17(12)29-21/h7-10,26H,3-6H2,1-2H3,(H,22,28)(H,23,27)(H,24,25). The lowest BCUT2D eigenvalue weighted by molar-refractivity contribution is 0.0963. The van der Waals surface area contributed by atoms with Crippen LogP contribution in [0, 0.1) is 6.92 Å². The molecule has 0 bridgehead atoms. The van der Waals surface area contributed by atoms with Crippen LogP contribution in [0.2, 0.25) is 0 Å². The molecule has 0 fully saturated rings. The molecular formula is C21H22N4O3S. The number of carbonyl (C=O) groups excluding carboxylic acids is 2. The van der Waals surface area contributed by atoms with Gasteiger partial charge in [-0.1, -0.05) is 11.6 Å². The topological polar surface area (TPSA) is 107 Å². The average molecular weight is 410 g/mol. The van der Waals surface area contributed by atoms with Gasteiger partial charge in [0.15, 0.2) is 0 Å². The number of aromatic nitrogens is 2. The molecule has 4 rings (SSSR count). The molecular weight excluding hydrogens is 388 g/mol. The number of phenolic OH excluding ortho intramolecular Hbond substituents is 1. The second-order valence-electron chi connectivity index (χ2n) is 7.14. The molecule has 1 aromatic carbocycles. The molecule has 29 heavy (non-hydrogen) atoms. The minimum atomic E-state index is -0.375. The van der Waals surface area contributed by atoms with Gasteiger partial charge < -0.3 is 15.7 Å². The first-order valence-electron chi connectivity index (χ1n) is 9.51. The number of aromatic hydroxyl groups is 1. The van der Waals surface area contributed by atoms with Gasteiger partial charge in [0, 0.05) is 17.5 Å². The van der Waals surface area contributed by atoms with Crippen molar-refractivity contribution >= 4 is 28.2 Å². The van der Waals surface area contributed by atoms with E-state index in [0.29, 0.717) is 21.8 Å². The van der Waals surface area contributed by atoms with Crippen molar-refractivity contribution in [2.75, 3.05) is 12.4 Å². The van der Waals surface area contributed by atoms with Crippen molar-refractivity contribution < 1.29 is 14.7 Å². The zero-order chi connectivity index (χ0) is 20.5. The number of phenols is 1. The monoisotopic (exact) mass is 410 g/mol. The molecule has 0 atom stereocenters. The first-order chi connectivity index (χ1) is 14.0. The highest BCUT2D eigenvalue weighted by Crippen LogP contribution is 2.38. The van der Waals surface area contributed by atoms with E-state index < -0.39 is 0 Å². The maximum atomic E-state index is 12.8. The molecule has 3 aromatic rings. The van der Waals surface area contributed by atoms with Gasteiger partial charge in [-0.25, -0.2) is 0 Å². The van der Waals surface area contributed by atoms with E-state index in [1.165, 1.54) is 16.2 Å². The number of nitrogens with zero attached hydrogens (tertiary/aromatic N) is 1. The number of hydrogen-bond donors (Lipinski definition) is 4. The van der Waals surface area contributed by atoms with Gasteiger partial charge in [-0.3, -0.25) is 14.7 Å². The predicted molar refractivity (Wildman–Crippen MR) is 113 cm³/mol. The summed E-state index contributed by atoms with van der Waals surface area (Å²) in [6, 6.07) is 6.81. The zero-order valence-corrected chi connectivity index (χ0v) is 17.1. The number of fused-ring (bicyclic) bond motifs is 1. The van der Waals surface area contributed by atoms with Crippen LogP contribution < -0.4 is 10.6 Å². The van der Waals surface area contributed by atoms with E-state index in [4.69, 9.17) is 0 Å². The lowest BCUT2D eigenvalue weighted by Gasteiger charge is -2.12. The molecule has 0 saturated carbocycles. The third kappa shape index (κ3) is 3.63. The third-order valence-electron chi connectivity index (χ3n) is 5.10. The summed E-state index contributed by atoms with van der Waals surface area (Å²) in [5, 5.41) is 23.1. The Morgan fingerprint density at radius 3 is 2.76 bits per heavy atom. The van der Waals surface area contributed by atoms with Crippen LogP contribution in [-0.2, 0) is 12.8 Å². The Morgan fingerprint density at radius 1 is 1.17 bits per heavy atom. The van der Waals surface area contributed by atoms with Gasteiger partial charge >= 0.3 is 0 Å². The Hall–Kier alpha value is -3.13. The smallest absolute Gasteiger partial charge is 0.274 e. The molecule has 0 spiro atoms. The highest BCUT2D eigenvalue weighted by molar-refractivity contribution is 7.17. The molecule has 8 heteroatoms. The Bertz CT molecular complexity index is 1100. The summed E-state index contributed by atoms with van der Waals surface area (Å²) in [4.78, 5) is 26.4. The van der Waals surface area contributed by atoms with Crippen LogP contribution in [0.4, 0.5) is 5.00 Å². The first-order valence-corrected chi connectivity index (χ1v) is 10.3. The van der Waals surface area contributed by atoms with Crippen molar-refractivity contribution in [2.45, 2.75) is 32.6 Å². The first kappa shape index (κ1) is 19.2. The number of anilines is 1. The molecule has 1 aliphatic carbocycles. The Kier molecular flexibility index (Phi) is 5.10. The third-order valence-corrected chi connectivity index (χ3v) is 6.31. The van der Waals surface area contributed by atoms with Crippen LogP contribution in [0.15, 0.2) is 24.3 Å². The Balaban J connectivity index is 1.62. The number of rotatable bonds is 4. The largest absolute Gasteiger partial charge is 0.507 e. The summed E-state index contributed by atoms with van der Waals surface area (Å²) < 4.78 is 0. The molecule has 4 N–H and O–H groups in total. The summed E-state index contributed by atoms with van der Waals surface area (Å²) in [6.45, 7) is 1.92. The highest BCUT2D eigenvalue weighted by atomic mass is 32.1. The van der Waals surface area contributed by atoms with Gasteiger partial charge in [0.1, 0.15) is 16.4 Å². The van der Waals surface area contributed by atoms with E-state index in [1.54, 1.807) is 25.2 Å². The average Bonchev–Trinajstić information content (AvgIpc) is 3.34. The van der Waals surface area contributed by atoms with Crippen molar-refractivity contribution in [3.8, 4) is 17.0 Å². The molecule has 0 radical (unpaired) electrons. The molecule has 1 aliphatic rings. The van der Waals surface area contributed by atoms with Crippen molar-refractivity contribution in [3.63, 3.8) is 0 Å². The summed E-state index contributed by atoms with van der Waals surface area (Å²) in [5.74, 6) is -0.462. The molecule has 0 saturated heterocycles. The molecule has 150 valence electrons. The number of amides is 2. The maximum absolute atomic E-state index is 12.8. The number of nitrogens with one attached hydrogen (secondary N) is 3. The van der Waals surface area contributed by atoms with E-state index >= 15 is 0 Å². The highest BCUT2D eigenvalue weighted by Gasteiger charge is 2.26.